The van der Waals surface area contributed by atoms with Crippen LogP contribution in [-0.2, 0) is 10.0 Å². The van der Waals surface area contributed by atoms with Gasteiger partial charge in [0.05, 0.1) is 6.54 Å². The van der Waals surface area contributed by atoms with E-state index in [1.807, 2.05) is 18.2 Å². The van der Waals surface area contributed by atoms with Gasteiger partial charge in [-0.1, -0.05) is 35.9 Å². The normalized spacial score (nSPS) is 17.2. The molecule has 5 nitrogen and oxygen atoms in total. The molecule has 7 heteroatoms. The average molecular weight is 380 g/mol. The first-order valence-corrected chi connectivity index (χ1v) is 9.61. The SMILES string of the molecule is CN(C[C@@H]1COc2ccccc2O1)S(=O)(=O)/C=C/c1ccc(Cl)cc1. The molecular formula is C18H18ClNO4S. The Kier molecular flexibility index (Phi) is 5.32. The molecule has 1 aliphatic heterocycles. The lowest BCUT2D eigenvalue weighted by Crippen LogP contribution is -2.41. The zero-order valence-electron chi connectivity index (χ0n) is 13.6. The van der Waals surface area contributed by atoms with Crippen LogP contribution in [0.3, 0.4) is 0 Å². The number of benzene rings is 2. The van der Waals surface area contributed by atoms with Crippen molar-refractivity contribution in [3.63, 3.8) is 0 Å². The molecule has 0 unspecified atom stereocenters. The lowest BCUT2D eigenvalue weighted by atomic mass is 10.2. The summed E-state index contributed by atoms with van der Waals surface area (Å²) < 4.78 is 37.5. The second-order valence-electron chi connectivity index (χ2n) is 5.68. The summed E-state index contributed by atoms with van der Waals surface area (Å²) in [5, 5.41) is 1.78. The lowest BCUT2D eigenvalue weighted by molar-refractivity contribution is 0.0800. The van der Waals surface area contributed by atoms with Gasteiger partial charge in [0.1, 0.15) is 12.7 Å². The summed E-state index contributed by atoms with van der Waals surface area (Å²) in [5.41, 5.74) is 0.757. The third-order valence-electron chi connectivity index (χ3n) is 3.77. The van der Waals surface area contributed by atoms with Gasteiger partial charge in [0.15, 0.2) is 11.5 Å². The molecule has 1 atom stereocenters. The van der Waals surface area contributed by atoms with Crippen molar-refractivity contribution < 1.29 is 17.9 Å². The topological polar surface area (TPSA) is 55.8 Å². The van der Waals surface area contributed by atoms with Gasteiger partial charge in [0.25, 0.3) is 0 Å². The molecule has 0 amide bonds. The molecule has 0 fully saturated rings. The molecule has 3 rings (SSSR count). The molecule has 0 N–H and O–H groups in total. The molecule has 0 radical (unpaired) electrons. The number of ether oxygens (including phenoxy) is 2. The van der Waals surface area contributed by atoms with E-state index in [0.29, 0.717) is 23.1 Å². The fraction of sp³-hybridized carbons (Fsp3) is 0.222. The standard InChI is InChI=1S/C18H18ClNO4S/c1-20(12-16-13-23-17-4-2-3-5-18(17)24-16)25(21,22)11-10-14-6-8-15(19)9-7-14/h2-11,16H,12-13H2,1H3/b11-10+/t16-/m1/s1. The largest absolute Gasteiger partial charge is 0.486 e. The van der Waals surface area contributed by atoms with E-state index in [1.54, 1.807) is 30.3 Å². The van der Waals surface area contributed by atoms with Gasteiger partial charge in [0.2, 0.25) is 10.0 Å². The number of para-hydroxylation sites is 2. The van der Waals surface area contributed by atoms with Crippen LogP contribution in [-0.4, -0.2) is 39.0 Å². The number of hydrogen-bond donors (Lipinski definition) is 0. The molecular weight excluding hydrogens is 362 g/mol. The number of rotatable bonds is 5. The van der Waals surface area contributed by atoms with E-state index in [2.05, 4.69) is 0 Å². The molecule has 0 bridgehead atoms. The first kappa shape index (κ1) is 17.8. The smallest absolute Gasteiger partial charge is 0.236 e. The van der Waals surface area contributed by atoms with Crippen LogP contribution >= 0.6 is 11.6 Å². The first-order chi connectivity index (χ1) is 11.9. The van der Waals surface area contributed by atoms with Crippen LogP contribution in [0, 0.1) is 0 Å². The minimum Gasteiger partial charge on any atom is -0.486 e. The van der Waals surface area contributed by atoms with E-state index in [-0.39, 0.29) is 12.6 Å². The van der Waals surface area contributed by atoms with E-state index < -0.39 is 10.0 Å². The summed E-state index contributed by atoms with van der Waals surface area (Å²) in [5.74, 6) is 1.30. The number of hydrogen-bond acceptors (Lipinski definition) is 4. The number of halogens is 1. The van der Waals surface area contributed by atoms with E-state index in [4.69, 9.17) is 21.1 Å². The van der Waals surface area contributed by atoms with Crippen LogP contribution < -0.4 is 9.47 Å². The van der Waals surface area contributed by atoms with Gasteiger partial charge in [-0.2, -0.15) is 4.31 Å². The van der Waals surface area contributed by atoms with Crippen molar-refractivity contribution in [2.75, 3.05) is 20.2 Å². The molecule has 25 heavy (non-hydrogen) atoms. The van der Waals surface area contributed by atoms with Crippen LogP contribution in [0.15, 0.2) is 53.9 Å². The lowest BCUT2D eigenvalue weighted by Gasteiger charge is -2.28. The highest BCUT2D eigenvalue weighted by Gasteiger charge is 2.25. The fourth-order valence-corrected chi connectivity index (χ4v) is 3.42. The molecule has 2 aromatic carbocycles. The first-order valence-electron chi connectivity index (χ1n) is 7.72. The highest BCUT2D eigenvalue weighted by Crippen LogP contribution is 2.31. The Hall–Kier alpha value is -2.02. The van der Waals surface area contributed by atoms with Crippen LogP contribution in [0.2, 0.25) is 5.02 Å². The van der Waals surface area contributed by atoms with Crippen molar-refractivity contribution >= 4 is 27.7 Å². The number of likely N-dealkylation sites (N-methyl/N-ethyl adjacent to an activating group) is 1. The summed E-state index contributed by atoms with van der Waals surface area (Å²) in [4.78, 5) is 0. The van der Waals surface area contributed by atoms with Gasteiger partial charge < -0.3 is 9.47 Å². The average Bonchev–Trinajstić information content (AvgIpc) is 2.61. The minimum atomic E-state index is -3.56. The zero-order chi connectivity index (χ0) is 17.9. The van der Waals surface area contributed by atoms with E-state index in [0.717, 1.165) is 5.56 Å². The summed E-state index contributed by atoms with van der Waals surface area (Å²) in [6.07, 6.45) is 1.17. The monoisotopic (exact) mass is 379 g/mol. The van der Waals surface area contributed by atoms with E-state index in [9.17, 15) is 8.42 Å². The Bertz CT molecular complexity index is 865. The summed E-state index contributed by atoms with van der Waals surface area (Å²) in [6, 6.07) is 14.3. The Morgan fingerprint density at radius 2 is 1.84 bits per heavy atom. The molecule has 0 spiro atoms. The minimum absolute atomic E-state index is 0.196. The molecule has 0 saturated carbocycles. The number of fused-ring (bicyclic) bond motifs is 1. The van der Waals surface area contributed by atoms with Crippen molar-refractivity contribution in [2.45, 2.75) is 6.10 Å². The van der Waals surface area contributed by atoms with E-state index >= 15 is 0 Å². The van der Waals surface area contributed by atoms with Crippen LogP contribution in [0.25, 0.3) is 6.08 Å². The molecule has 0 aromatic heterocycles. The molecule has 1 heterocycles. The Morgan fingerprint density at radius 3 is 2.56 bits per heavy atom. The summed E-state index contributed by atoms with van der Waals surface area (Å²) in [6.45, 7) is 0.499. The second kappa shape index (κ2) is 7.47. The van der Waals surface area contributed by atoms with Gasteiger partial charge in [-0.05, 0) is 35.9 Å². The van der Waals surface area contributed by atoms with Crippen molar-refractivity contribution in [1.82, 2.24) is 4.31 Å². The van der Waals surface area contributed by atoms with Crippen molar-refractivity contribution in [2.24, 2.45) is 0 Å². The molecule has 2 aromatic rings. The van der Waals surface area contributed by atoms with Crippen molar-refractivity contribution in [3.05, 3.63) is 64.5 Å². The van der Waals surface area contributed by atoms with Crippen LogP contribution in [0.5, 0.6) is 11.5 Å². The zero-order valence-corrected chi connectivity index (χ0v) is 15.2. The van der Waals surface area contributed by atoms with Crippen molar-refractivity contribution in [1.29, 1.82) is 0 Å². The number of nitrogens with zero attached hydrogens (tertiary/aromatic N) is 1. The maximum Gasteiger partial charge on any atom is 0.236 e. The predicted molar refractivity (Wildman–Crippen MR) is 98.4 cm³/mol. The summed E-state index contributed by atoms with van der Waals surface area (Å²) >= 11 is 5.82. The van der Waals surface area contributed by atoms with Gasteiger partial charge in [0, 0.05) is 17.5 Å². The number of sulfonamides is 1. The predicted octanol–water partition coefficient (Wildman–Crippen LogP) is 3.41. The quantitative estimate of drug-likeness (QED) is 0.798. The Labute approximate surface area is 152 Å². The molecule has 0 saturated heterocycles. The third-order valence-corrected chi connectivity index (χ3v) is 5.52. The summed E-state index contributed by atoms with van der Waals surface area (Å²) in [7, 11) is -2.04. The fourth-order valence-electron chi connectivity index (χ4n) is 2.39. The molecule has 1 aliphatic rings. The van der Waals surface area contributed by atoms with Crippen LogP contribution in [0.4, 0.5) is 0 Å². The highest BCUT2D eigenvalue weighted by atomic mass is 35.5. The van der Waals surface area contributed by atoms with E-state index in [1.165, 1.54) is 22.8 Å². The Morgan fingerprint density at radius 1 is 1.16 bits per heavy atom. The van der Waals surface area contributed by atoms with Gasteiger partial charge in [-0.15, -0.1) is 0 Å². The van der Waals surface area contributed by atoms with Crippen LogP contribution in [0.1, 0.15) is 5.56 Å². The maximum absolute atomic E-state index is 12.4. The molecule has 132 valence electrons. The highest BCUT2D eigenvalue weighted by molar-refractivity contribution is 7.92. The second-order valence-corrected chi connectivity index (χ2v) is 8.04. The maximum atomic E-state index is 12.4. The van der Waals surface area contributed by atoms with Gasteiger partial charge >= 0.3 is 0 Å². The van der Waals surface area contributed by atoms with Gasteiger partial charge in [-0.25, -0.2) is 8.42 Å². The Balaban J connectivity index is 1.64. The molecule has 0 aliphatic carbocycles. The third kappa shape index (κ3) is 4.54. The van der Waals surface area contributed by atoms with Gasteiger partial charge in [-0.3, -0.25) is 0 Å². The van der Waals surface area contributed by atoms with Crippen molar-refractivity contribution in [3.8, 4) is 11.5 Å².